The van der Waals surface area contributed by atoms with Gasteiger partial charge in [-0.15, -0.1) is 13.2 Å². The normalized spacial score (nSPS) is 27.4. The Morgan fingerprint density at radius 2 is 1.82 bits per heavy atom. The third kappa shape index (κ3) is 6.16. The van der Waals surface area contributed by atoms with Gasteiger partial charge in [0.15, 0.2) is 11.4 Å². The van der Waals surface area contributed by atoms with Crippen molar-refractivity contribution in [1.82, 2.24) is 4.98 Å². The first kappa shape index (κ1) is 28.4. The number of hydrogen-bond donors (Lipinski definition) is 1. The van der Waals surface area contributed by atoms with Crippen molar-refractivity contribution in [2.45, 2.75) is 69.2 Å². The number of anilines is 1. The van der Waals surface area contributed by atoms with E-state index in [4.69, 9.17) is 25.8 Å². The molecule has 1 amide bonds. The molecule has 0 radical (unpaired) electrons. The van der Waals surface area contributed by atoms with E-state index >= 15 is 0 Å². The minimum absolute atomic E-state index is 0.00351. The number of ether oxygens (including phenoxy) is 4. The van der Waals surface area contributed by atoms with Crippen LogP contribution in [0.2, 0.25) is 5.02 Å². The highest BCUT2D eigenvalue weighted by molar-refractivity contribution is 6.31. The summed E-state index contributed by atoms with van der Waals surface area (Å²) in [5, 5.41) is 2.18. The van der Waals surface area contributed by atoms with Crippen molar-refractivity contribution in [3.8, 4) is 5.75 Å². The van der Waals surface area contributed by atoms with Crippen molar-refractivity contribution in [2.24, 2.45) is 0 Å². The second-order valence-electron chi connectivity index (χ2n) is 9.59. The Hall–Kier alpha value is -2.61. The first-order valence-electron chi connectivity index (χ1n) is 11.3. The summed E-state index contributed by atoms with van der Waals surface area (Å²) >= 11 is 6.13. The molecule has 0 spiro atoms. The summed E-state index contributed by atoms with van der Waals surface area (Å²) in [4.78, 5) is 17.3. The van der Waals surface area contributed by atoms with Crippen molar-refractivity contribution < 1.29 is 50.1 Å². The lowest BCUT2D eigenvalue weighted by Gasteiger charge is -2.27. The molecule has 0 unspecified atom stereocenters. The van der Waals surface area contributed by atoms with E-state index in [2.05, 4.69) is 15.0 Å². The second kappa shape index (κ2) is 9.85. The van der Waals surface area contributed by atoms with Crippen LogP contribution in [0.4, 0.5) is 32.0 Å². The molecule has 2 aliphatic rings. The van der Waals surface area contributed by atoms with Gasteiger partial charge in [-0.2, -0.15) is 13.2 Å². The molecule has 2 fully saturated rings. The number of carbonyl (C=O) groups is 1. The fourth-order valence-electron chi connectivity index (χ4n) is 4.35. The number of hydrogen-bond acceptors (Lipinski definition) is 6. The molecular weight excluding hydrogens is 546 g/mol. The molecule has 4 atom stereocenters. The smallest absolute Gasteiger partial charge is 0.406 e. The molecule has 0 saturated carbocycles. The molecule has 2 aliphatic heterocycles. The maximum atomic E-state index is 13.8. The van der Waals surface area contributed by atoms with Gasteiger partial charge in [-0.1, -0.05) is 17.7 Å². The minimum atomic E-state index is -4.99. The summed E-state index contributed by atoms with van der Waals surface area (Å²) in [5.74, 6) is -3.58. The minimum Gasteiger partial charge on any atom is -0.406 e. The molecule has 7 nitrogen and oxygen atoms in total. The van der Waals surface area contributed by atoms with E-state index in [1.165, 1.54) is 12.3 Å². The monoisotopic (exact) mass is 568 g/mol. The predicted molar refractivity (Wildman–Crippen MR) is 122 cm³/mol. The molecule has 3 heterocycles. The van der Waals surface area contributed by atoms with Gasteiger partial charge in [0.2, 0.25) is 0 Å². The molecule has 38 heavy (non-hydrogen) atoms. The molecule has 1 N–H and O–H groups in total. The standard InChI is InChI=1S/C24H23ClF6N2O5/c1-21(2)35-11-18(37-21)17-7-4-12(10-32-17)33-20(34)19-15(9-22(3,38-19)23(26,27)28)14-6-5-13(8-16(14)25)36-24(29,30)31/h4-8,10,15,18-19H,9,11H2,1-3H3,(H,33,34)/t15-,18+,19+,22-/m1/s1. The Morgan fingerprint density at radius 1 is 1.11 bits per heavy atom. The van der Waals surface area contributed by atoms with Crippen molar-refractivity contribution in [3.05, 3.63) is 52.8 Å². The highest BCUT2D eigenvalue weighted by Crippen LogP contribution is 2.51. The Morgan fingerprint density at radius 3 is 2.34 bits per heavy atom. The molecule has 4 rings (SSSR count). The van der Waals surface area contributed by atoms with E-state index in [1.54, 1.807) is 19.9 Å². The third-order valence-electron chi connectivity index (χ3n) is 6.22. The molecule has 2 saturated heterocycles. The largest absolute Gasteiger partial charge is 0.573 e. The van der Waals surface area contributed by atoms with E-state index in [0.29, 0.717) is 5.69 Å². The van der Waals surface area contributed by atoms with Crippen LogP contribution in [0.5, 0.6) is 5.75 Å². The molecule has 14 heteroatoms. The van der Waals surface area contributed by atoms with Crippen LogP contribution in [-0.4, -0.2) is 47.5 Å². The van der Waals surface area contributed by atoms with E-state index in [1.807, 2.05) is 0 Å². The van der Waals surface area contributed by atoms with E-state index in [0.717, 1.165) is 25.1 Å². The fraction of sp³-hybridized carbons (Fsp3) is 0.500. The number of pyridine rings is 1. The SMILES string of the molecule is CC1(C)OC[C@@H](c2ccc(NC(=O)[C@H]3O[C@@](C)(C(F)(F)F)C[C@@H]3c3ccc(OC(F)(F)F)cc3Cl)cn2)O1. The Balaban J connectivity index is 1.56. The number of benzene rings is 1. The first-order valence-corrected chi connectivity index (χ1v) is 11.7. The van der Waals surface area contributed by atoms with Gasteiger partial charge in [-0.25, -0.2) is 0 Å². The van der Waals surface area contributed by atoms with Crippen molar-refractivity contribution in [3.63, 3.8) is 0 Å². The zero-order chi connectivity index (χ0) is 28.1. The van der Waals surface area contributed by atoms with Gasteiger partial charge >= 0.3 is 12.5 Å². The number of alkyl halides is 6. The number of nitrogens with one attached hydrogen (secondary N) is 1. The number of amides is 1. The van der Waals surface area contributed by atoms with E-state index < -0.39 is 60.1 Å². The van der Waals surface area contributed by atoms with Crippen molar-refractivity contribution in [2.75, 3.05) is 11.9 Å². The Labute approximate surface area is 218 Å². The molecule has 1 aromatic carbocycles. The summed E-state index contributed by atoms with van der Waals surface area (Å²) < 4.78 is 99.4. The summed E-state index contributed by atoms with van der Waals surface area (Å²) in [5.41, 5.74) is -2.00. The lowest BCUT2D eigenvalue weighted by Crippen LogP contribution is -2.43. The molecule has 0 aliphatic carbocycles. The summed E-state index contributed by atoms with van der Waals surface area (Å²) in [7, 11) is 0. The van der Waals surface area contributed by atoms with E-state index in [-0.39, 0.29) is 22.9 Å². The molecule has 2 aromatic rings. The lowest BCUT2D eigenvalue weighted by atomic mass is 9.86. The van der Waals surface area contributed by atoms with Gasteiger partial charge in [0.1, 0.15) is 18.0 Å². The van der Waals surface area contributed by atoms with Gasteiger partial charge in [0.05, 0.1) is 24.2 Å². The van der Waals surface area contributed by atoms with Crippen LogP contribution < -0.4 is 10.1 Å². The maximum Gasteiger partial charge on any atom is 0.573 e. The van der Waals surface area contributed by atoms with Gasteiger partial charge in [0, 0.05) is 10.9 Å². The van der Waals surface area contributed by atoms with Crippen molar-refractivity contribution >= 4 is 23.2 Å². The first-order chi connectivity index (χ1) is 17.5. The number of aromatic nitrogens is 1. The van der Waals surface area contributed by atoms with Crippen LogP contribution in [0.1, 0.15) is 50.5 Å². The van der Waals surface area contributed by atoms with Crippen LogP contribution >= 0.6 is 11.6 Å². The topological polar surface area (TPSA) is 78.9 Å². The number of carbonyl (C=O) groups excluding carboxylic acids is 1. The van der Waals surface area contributed by atoms with Crippen LogP contribution in [0.25, 0.3) is 0 Å². The number of nitrogens with zero attached hydrogens (tertiary/aromatic N) is 1. The zero-order valence-corrected chi connectivity index (χ0v) is 21.0. The maximum absolute atomic E-state index is 13.8. The highest BCUT2D eigenvalue weighted by atomic mass is 35.5. The average Bonchev–Trinajstić information content (AvgIpc) is 3.33. The number of halogens is 7. The lowest BCUT2D eigenvalue weighted by molar-refractivity contribution is -0.274. The zero-order valence-electron chi connectivity index (χ0n) is 20.2. The quantitative estimate of drug-likeness (QED) is 0.427. The molecular formula is C24H23ClF6N2O5. The van der Waals surface area contributed by atoms with Crippen LogP contribution in [0.15, 0.2) is 36.5 Å². The number of rotatable bonds is 5. The van der Waals surface area contributed by atoms with Gasteiger partial charge in [0.25, 0.3) is 5.91 Å². The Bertz CT molecular complexity index is 1190. The average molecular weight is 569 g/mol. The highest BCUT2D eigenvalue weighted by Gasteiger charge is 2.61. The molecule has 1 aromatic heterocycles. The molecule has 0 bridgehead atoms. The van der Waals surface area contributed by atoms with Gasteiger partial charge in [-0.05, 0) is 57.0 Å². The third-order valence-corrected chi connectivity index (χ3v) is 6.54. The Kier molecular flexibility index (Phi) is 7.36. The summed E-state index contributed by atoms with van der Waals surface area (Å²) in [6, 6.07) is 5.89. The molecule has 208 valence electrons. The van der Waals surface area contributed by atoms with Crippen LogP contribution in [0, 0.1) is 0 Å². The van der Waals surface area contributed by atoms with E-state index in [9.17, 15) is 31.1 Å². The van der Waals surface area contributed by atoms with Gasteiger partial charge in [-0.3, -0.25) is 9.78 Å². The predicted octanol–water partition coefficient (Wildman–Crippen LogP) is 6.29. The van der Waals surface area contributed by atoms with Gasteiger partial charge < -0.3 is 24.3 Å². The summed E-state index contributed by atoms with van der Waals surface area (Å²) in [6.45, 7) is 4.56. The fourth-order valence-corrected chi connectivity index (χ4v) is 4.66. The van der Waals surface area contributed by atoms with Crippen molar-refractivity contribution in [1.29, 1.82) is 0 Å². The van der Waals surface area contributed by atoms with Crippen LogP contribution in [-0.2, 0) is 19.0 Å². The summed E-state index contributed by atoms with van der Waals surface area (Å²) in [6.07, 6.45) is -11.3. The second-order valence-corrected chi connectivity index (χ2v) is 9.99. The van der Waals surface area contributed by atoms with Crippen LogP contribution in [0.3, 0.4) is 0 Å².